The van der Waals surface area contributed by atoms with Crippen LogP contribution < -0.4 is 9.47 Å². The fourth-order valence-corrected chi connectivity index (χ4v) is 3.03. The molecule has 0 aromatic heterocycles. The smallest absolute Gasteiger partial charge is 0.247 e. The summed E-state index contributed by atoms with van der Waals surface area (Å²) >= 11 is 6.16. The molecular weight excluding hydrogens is 350 g/mol. The maximum atomic E-state index is 12.8. The summed E-state index contributed by atoms with van der Waals surface area (Å²) in [6, 6.07) is 13.4. The van der Waals surface area contributed by atoms with Crippen LogP contribution in [-0.4, -0.2) is 31.1 Å². The molecule has 0 spiro atoms. The number of hydrogen-bond donors (Lipinski definition) is 0. The van der Waals surface area contributed by atoms with E-state index in [0.717, 1.165) is 35.5 Å². The van der Waals surface area contributed by atoms with Crippen molar-refractivity contribution in [3.8, 4) is 11.5 Å². The molecule has 1 fully saturated rings. The molecule has 0 N–H and O–H groups in total. The van der Waals surface area contributed by atoms with Crippen molar-refractivity contribution in [1.82, 2.24) is 4.90 Å². The van der Waals surface area contributed by atoms with E-state index in [0.29, 0.717) is 11.6 Å². The third-order valence-corrected chi connectivity index (χ3v) is 4.75. The second kappa shape index (κ2) is 8.28. The largest absolute Gasteiger partial charge is 0.497 e. The van der Waals surface area contributed by atoms with Crippen molar-refractivity contribution < 1.29 is 14.3 Å². The van der Waals surface area contributed by atoms with Gasteiger partial charge in [-0.2, -0.15) is 0 Å². The Morgan fingerprint density at radius 2 is 1.96 bits per heavy atom. The standard InChI is InChI=1S/C21H22ClNO3/c1-25-18-10-11-20(26-2)16(13-18)14-23(17-8-9-17)21(24)12-7-15-5-3-4-6-19(15)22/h3-7,10-13,17H,8-9,14H2,1-2H3/b12-7+. The first-order chi connectivity index (χ1) is 12.6. The number of amides is 1. The van der Waals surface area contributed by atoms with E-state index >= 15 is 0 Å². The molecule has 26 heavy (non-hydrogen) atoms. The number of nitrogens with zero attached hydrogens (tertiary/aromatic N) is 1. The minimum Gasteiger partial charge on any atom is -0.497 e. The van der Waals surface area contributed by atoms with E-state index in [4.69, 9.17) is 21.1 Å². The summed E-state index contributed by atoms with van der Waals surface area (Å²) in [5, 5.41) is 0.629. The van der Waals surface area contributed by atoms with E-state index in [1.54, 1.807) is 26.4 Å². The molecule has 2 aromatic rings. The zero-order valence-electron chi connectivity index (χ0n) is 14.9. The Morgan fingerprint density at radius 1 is 1.19 bits per heavy atom. The number of methoxy groups -OCH3 is 2. The average Bonchev–Trinajstić information content (AvgIpc) is 3.50. The van der Waals surface area contributed by atoms with Gasteiger partial charge in [0.1, 0.15) is 11.5 Å². The fraction of sp³-hybridized carbons (Fsp3) is 0.286. The van der Waals surface area contributed by atoms with Crippen LogP contribution >= 0.6 is 11.6 Å². The molecule has 0 radical (unpaired) electrons. The van der Waals surface area contributed by atoms with Gasteiger partial charge in [0.15, 0.2) is 0 Å². The van der Waals surface area contributed by atoms with Crippen LogP contribution in [0.25, 0.3) is 6.08 Å². The number of benzene rings is 2. The van der Waals surface area contributed by atoms with Crippen LogP contribution in [0.3, 0.4) is 0 Å². The lowest BCUT2D eigenvalue weighted by Gasteiger charge is -2.22. The van der Waals surface area contributed by atoms with E-state index < -0.39 is 0 Å². The third kappa shape index (κ3) is 4.38. The second-order valence-corrected chi connectivity index (χ2v) is 6.64. The van der Waals surface area contributed by atoms with Crippen LogP contribution in [0.4, 0.5) is 0 Å². The SMILES string of the molecule is COc1ccc(OC)c(CN(C(=O)/C=C/c2ccccc2Cl)C2CC2)c1. The summed E-state index contributed by atoms with van der Waals surface area (Å²) in [5.74, 6) is 1.47. The van der Waals surface area contributed by atoms with E-state index in [1.165, 1.54) is 0 Å². The van der Waals surface area contributed by atoms with E-state index in [-0.39, 0.29) is 11.9 Å². The molecule has 4 nitrogen and oxygen atoms in total. The first kappa shape index (κ1) is 18.3. The summed E-state index contributed by atoms with van der Waals surface area (Å²) in [6.45, 7) is 0.483. The summed E-state index contributed by atoms with van der Waals surface area (Å²) in [4.78, 5) is 14.7. The lowest BCUT2D eigenvalue weighted by Crippen LogP contribution is -2.31. The van der Waals surface area contributed by atoms with Crippen LogP contribution in [0, 0.1) is 0 Å². The predicted molar refractivity (Wildman–Crippen MR) is 104 cm³/mol. The lowest BCUT2D eigenvalue weighted by molar-refractivity contribution is -0.127. The number of hydrogen-bond acceptors (Lipinski definition) is 3. The monoisotopic (exact) mass is 371 g/mol. The molecule has 0 bridgehead atoms. The maximum absolute atomic E-state index is 12.8. The molecule has 0 atom stereocenters. The average molecular weight is 372 g/mol. The van der Waals surface area contributed by atoms with Gasteiger partial charge in [0, 0.05) is 22.7 Å². The van der Waals surface area contributed by atoms with Crippen LogP contribution in [0.2, 0.25) is 5.02 Å². The van der Waals surface area contributed by atoms with Gasteiger partial charge in [-0.1, -0.05) is 29.8 Å². The first-order valence-electron chi connectivity index (χ1n) is 8.56. The molecule has 0 unspecified atom stereocenters. The Balaban J connectivity index is 1.80. The lowest BCUT2D eigenvalue weighted by atomic mass is 10.1. The molecule has 2 aromatic carbocycles. The molecule has 0 aliphatic heterocycles. The van der Waals surface area contributed by atoms with Gasteiger partial charge < -0.3 is 14.4 Å². The number of carbonyl (C=O) groups excluding carboxylic acids is 1. The van der Waals surface area contributed by atoms with Gasteiger partial charge in [0.2, 0.25) is 5.91 Å². The fourth-order valence-electron chi connectivity index (χ4n) is 2.83. The molecule has 5 heteroatoms. The van der Waals surface area contributed by atoms with E-state index in [2.05, 4.69) is 0 Å². The normalized spacial score (nSPS) is 13.7. The van der Waals surface area contributed by atoms with Crippen LogP contribution in [0.15, 0.2) is 48.5 Å². The van der Waals surface area contributed by atoms with Crippen LogP contribution in [-0.2, 0) is 11.3 Å². The zero-order valence-corrected chi connectivity index (χ0v) is 15.7. The van der Waals surface area contributed by atoms with Gasteiger partial charge >= 0.3 is 0 Å². The molecule has 3 rings (SSSR count). The van der Waals surface area contributed by atoms with Gasteiger partial charge in [-0.15, -0.1) is 0 Å². The summed E-state index contributed by atoms with van der Waals surface area (Å²) < 4.78 is 10.7. The number of rotatable bonds is 7. The molecule has 0 saturated heterocycles. The van der Waals surface area contributed by atoms with Crippen LogP contribution in [0.1, 0.15) is 24.0 Å². The molecule has 1 aliphatic rings. The Morgan fingerprint density at radius 3 is 2.62 bits per heavy atom. The molecular formula is C21H22ClNO3. The molecule has 1 amide bonds. The first-order valence-corrected chi connectivity index (χ1v) is 8.94. The number of ether oxygens (including phenoxy) is 2. The molecule has 136 valence electrons. The van der Waals surface area contributed by atoms with Gasteiger partial charge in [0.25, 0.3) is 0 Å². The quantitative estimate of drug-likeness (QED) is 0.669. The van der Waals surface area contributed by atoms with Gasteiger partial charge in [-0.05, 0) is 48.7 Å². The highest BCUT2D eigenvalue weighted by Crippen LogP contribution is 2.32. The summed E-state index contributed by atoms with van der Waals surface area (Å²) in [5.41, 5.74) is 1.76. The Kier molecular flexibility index (Phi) is 5.84. The summed E-state index contributed by atoms with van der Waals surface area (Å²) in [6.07, 6.45) is 5.41. The van der Waals surface area contributed by atoms with E-state index in [9.17, 15) is 4.79 Å². The van der Waals surface area contributed by atoms with Gasteiger partial charge in [0.05, 0.1) is 20.8 Å². The third-order valence-electron chi connectivity index (χ3n) is 4.41. The van der Waals surface area contributed by atoms with Crippen molar-refractivity contribution in [3.05, 3.63) is 64.7 Å². The van der Waals surface area contributed by atoms with Crippen molar-refractivity contribution in [1.29, 1.82) is 0 Å². The highest BCUT2D eigenvalue weighted by atomic mass is 35.5. The highest BCUT2D eigenvalue weighted by molar-refractivity contribution is 6.32. The van der Waals surface area contributed by atoms with Crippen molar-refractivity contribution in [2.24, 2.45) is 0 Å². The second-order valence-electron chi connectivity index (χ2n) is 6.23. The highest BCUT2D eigenvalue weighted by Gasteiger charge is 2.32. The minimum atomic E-state index is -0.0303. The Labute approximate surface area is 159 Å². The Bertz CT molecular complexity index is 815. The number of halogens is 1. The van der Waals surface area contributed by atoms with Crippen molar-refractivity contribution in [2.75, 3.05) is 14.2 Å². The molecule has 1 aliphatic carbocycles. The van der Waals surface area contributed by atoms with Crippen molar-refractivity contribution >= 4 is 23.6 Å². The maximum Gasteiger partial charge on any atom is 0.247 e. The topological polar surface area (TPSA) is 38.8 Å². The molecule has 1 saturated carbocycles. The minimum absolute atomic E-state index is 0.0303. The van der Waals surface area contributed by atoms with Gasteiger partial charge in [-0.25, -0.2) is 0 Å². The van der Waals surface area contributed by atoms with E-state index in [1.807, 2.05) is 47.4 Å². The van der Waals surface area contributed by atoms with Crippen molar-refractivity contribution in [3.63, 3.8) is 0 Å². The number of carbonyl (C=O) groups is 1. The predicted octanol–water partition coefficient (Wildman–Crippen LogP) is 4.56. The summed E-state index contributed by atoms with van der Waals surface area (Å²) in [7, 11) is 3.26. The van der Waals surface area contributed by atoms with Crippen LogP contribution in [0.5, 0.6) is 11.5 Å². The molecule has 0 heterocycles. The zero-order chi connectivity index (χ0) is 18.5. The van der Waals surface area contributed by atoms with Crippen molar-refractivity contribution in [2.45, 2.75) is 25.4 Å². The van der Waals surface area contributed by atoms with Gasteiger partial charge in [-0.3, -0.25) is 4.79 Å². The Hall–Kier alpha value is -2.46.